The maximum absolute atomic E-state index is 12.1. The number of benzene rings is 1. The second-order valence-corrected chi connectivity index (χ2v) is 5.74. The second kappa shape index (κ2) is 8.19. The van der Waals surface area contributed by atoms with E-state index in [1.807, 2.05) is 30.3 Å². The maximum Gasteiger partial charge on any atom is 0.244 e. The number of carbonyl (C=O) groups is 1. The standard InChI is InChI=1S/C14H22N2O2S/c1-14(15,12-6-3-2-4-7-12)13(18)16-8-11-19-10-5-9-17/h2-4,6-7,17H,5,8-11,15H2,1H3,(H,16,18). The van der Waals surface area contributed by atoms with Crippen LogP contribution in [0.1, 0.15) is 18.9 Å². The van der Waals surface area contributed by atoms with Crippen molar-refractivity contribution in [3.63, 3.8) is 0 Å². The van der Waals surface area contributed by atoms with Crippen molar-refractivity contribution in [1.82, 2.24) is 5.32 Å². The van der Waals surface area contributed by atoms with E-state index in [1.54, 1.807) is 18.7 Å². The van der Waals surface area contributed by atoms with Gasteiger partial charge in [0.15, 0.2) is 0 Å². The van der Waals surface area contributed by atoms with E-state index in [4.69, 9.17) is 10.8 Å². The minimum absolute atomic E-state index is 0.165. The molecule has 0 aliphatic carbocycles. The molecule has 0 radical (unpaired) electrons. The van der Waals surface area contributed by atoms with Crippen LogP contribution in [-0.4, -0.2) is 35.7 Å². The number of aliphatic hydroxyl groups is 1. The Morgan fingerprint density at radius 1 is 1.37 bits per heavy atom. The first-order valence-electron chi connectivity index (χ1n) is 6.40. The summed E-state index contributed by atoms with van der Waals surface area (Å²) < 4.78 is 0. The fraction of sp³-hybridized carbons (Fsp3) is 0.500. The third-order valence-electron chi connectivity index (χ3n) is 2.82. The van der Waals surface area contributed by atoms with Crippen LogP contribution in [0.4, 0.5) is 0 Å². The van der Waals surface area contributed by atoms with Crippen LogP contribution < -0.4 is 11.1 Å². The van der Waals surface area contributed by atoms with Gasteiger partial charge in [-0.25, -0.2) is 0 Å². The molecule has 4 N–H and O–H groups in total. The Balaban J connectivity index is 2.36. The van der Waals surface area contributed by atoms with Crippen LogP contribution in [-0.2, 0) is 10.3 Å². The molecular weight excluding hydrogens is 260 g/mol. The fourth-order valence-corrected chi connectivity index (χ4v) is 2.39. The number of carbonyl (C=O) groups excluding carboxylic acids is 1. The normalized spacial score (nSPS) is 13.8. The summed E-state index contributed by atoms with van der Waals surface area (Å²) in [5.41, 5.74) is 5.90. The lowest BCUT2D eigenvalue weighted by Gasteiger charge is -2.24. The van der Waals surface area contributed by atoms with Crippen molar-refractivity contribution in [2.45, 2.75) is 18.9 Å². The third kappa shape index (κ3) is 5.22. The Morgan fingerprint density at radius 3 is 2.68 bits per heavy atom. The van der Waals surface area contributed by atoms with Gasteiger partial charge in [-0.3, -0.25) is 4.79 Å². The van der Waals surface area contributed by atoms with Crippen LogP contribution in [0.15, 0.2) is 30.3 Å². The van der Waals surface area contributed by atoms with Gasteiger partial charge in [0.1, 0.15) is 5.54 Å². The number of thioether (sulfide) groups is 1. The monoisotopic (exact) mass is 282 g/mol. The molecule has 5 heteroatoms. The highest BCUT2D eigenvalue weighted by atomic mass is 32.2. The summed E-state index contributed by atoms with van der Waals surface area (Å²) >= 11 is 1.71. The molecule has 0 spiro atoms. The first-order valence-corrected chi connectivity index (χ1v) is 7.56. The minimum Gasteiger partial charge on any atom is -0.396 e. The van der Waals surface area contributed by atoms with Gasteiger partial charge in [-0.15, -0.1) is 0 Å². The topological polar surface area (TPSA) is 75.4 Å². The Hall–Kier alpha value is -1.04. The molecule has 0 heterocycles. The molecule has 0 fully saturated rings. The van der Waals surface area contributed by atoms with Gasteiger partial charge in [0.05, 0.1) is 0 Å². The second-order valence-electron chi connectivity index (χ2n) is 4.51. The Morgan fingerprint density at radius 2 is 2.05 bits per heavy atom. The summed E-state index contributed by atoms with van der Waals surface area (Å²) in [6, 6.07) is 9.36. The van der Waals surface area contributed by atoms with Crippen molar-refractivity contribution in [2.75, 3.05) is 24.7 Å². The number of nitrogens with one attached hydrogen (secondary N) is 1. The first kappa shape index (κ1) is 16.0. The van der Waals surface area contributed by atoms with Gasteiger partial charge in [-0.1, -0.05) is 30.3 Å². The summed E-state index contributed by atoms with van der Waals surface area (Å²) in [6.45, 7) is 2.53. The number of hydrogen-bond donors (Lipinski definition) is 3. The minimum atomic E-state index is -1.00. The number of rotatable bonds is 8. The lowest BCUT2D eigenvalue weighted by atomic mass is 9.92. The summed E-state index contributed by atoms with van der Waals surface area (Å²) in [5.74, 6) is 1.57. The van der Waals surface area contributed by atoms with Crippen LogP contribution >= 0.6 is 11.8 Å². The highest BCUT2D eigenvalue weighted by Crippen LogP contribution is 2.17. The average molecular weight is 282 g/mol. The van der Waals surface area contributed by atoms with Crippen LogP contribution in [0.25, 0.3) is 0 Å². The van der Waals surface area contributed by atoms with Crippen molar-refractivity contribution in [3.8, 4) is 0 Å². The summed E-state index contributed by atoms with van der Waals surface area (Å²) in [4.78, 5) is 12.1. The first-order chi connectivity index (χ1) is 9.09. The number of amides is 1. The van der Waals surface area contributed by atoms with E-state index >= 15 is 0 Å². The highest BCUT2D eigenvalue weighted by molar-refractivity contribution is 7.99. The molecule has 0 aliphatic heterocycles. The lowest BCUT2D eigenvalue weighted by Crippen LogP contribution is -2.49. The Kier molecular flexibility index (Phi) is 6.91. The molecular formula is C14H22N2O2S. The highest BCUT2D eigenvalue weighted by Gasteiger charge is 2.29. The smallest absolute Gasteiger partial charge is 0.244 e. The molecule has 1 aromatic rings. The predicted molar refractivity (Wildman–Crippen MR) is 80.0 cm³/mol. The van der Waals surface area contributed by atoms with Gasteiger partial charge in [0.25, 0.3) is 0 Å². The average Bonchev–Trinajstić information content (AvgIpc) is 2.43. The molecule has 106 valence electrons. The van der Waals surface area contributed by atoms with Gasteiger partial charge < -0.3 is 16.2 Å². The quantitative estimate of drug-likeness (QED) is 0.624. The molecule has 1 unspecified atom stereocenters. The van der Waals surface area contributed by atoms with Crippen molar-refractivity contribution in [3.05, 3.63) is 35.9 Å². The van der Waals surface area contributed by atoms with Crippen molar-refractivity contribution in [2.24, 2.45) is 5.73 Å². The number of nitrogens with two attached hydrogens (primary N) is 1. The Labute approximate surface area is 118 Å². The molecule has 1 amide bonds. The molecule has 1 rings (SSSR count). The summed E-state index contributed by atoms with van der Waals surface area (Å²) in [5, 5.41) is 11.5. The molecule has 0 aromatic heterocycles. The largest absolute Gasteiger partial charge is 0.396 e. The van der Waals surface area contributed by atoms with E-state index < -0.39 is 5.54 Å². The zero-order valence-electron chi connectivity index (χ0n) is 11.3. The van der Waals surface area contributed by atoms with Crippen molar-refractivity contribution in [1.29, 1.82) is 0 Å². The van der Waals surface area contributed by atoms with Gasteiger partial charge in [-0.2, -0.15) is 11.8 Å². The molecule has 0 bridgehead atoms. The molecule has 0 aliphatic rings. The molecule has 4 nitrogen and oxygen atoms in total. The van der Waals surface area contributed by atoms with E-state index in [1.165, 1.54) is 0 Å². The van der Waals surface area contributed by atoms with Crippen molar-refractivity contribution < 1.29 is 9.90 Å². The molecule has 0 saturated carbocycles. The number of hydrogen-bond acceptors (Lipinski definition) is 4. The SMILES string of the molecule is CC(N)(C(=O)NCCSCCCO)c1ccccc1. The fourth-order valence-electron chi connectivity index (χ4n) is 1.60. The zero-order chi connectivity index (χ0) is 14.1. The van der Waals surface area contributed by atoms with E-state index in [9.17, 15) is 4.79 Å². The molecule has 1 aromatic carbocycles. The van der Waals surface area contributed by atoms with E-state index in [0.29, 0.717) is 6.54 Å². The Bertz CT molecular complexity index is 382. The van der Waals surface area contributed by atoms with Crippen LogP contribution in [0.5, 0.6) is 0 Å². The predicted octanol–water partition coefficient (Wildman–Crippen LogP) is 1.09. The maximum atomic E-state index is 12.1. The molecule has 1 atom stereocenters. The van der Waals surface area contributed by atoms with Gasteiger partial charge in [0.2, 0.25) is 5.91 Å². The lowest BCUT2D eigenvalue weighted by molar-refractivity contribution is -0.125. The van der Waals surface area contributed by atoms with Gasteiger partial charge in [0, 0.05) is 18.9 Å². The van der Waals surface area contributed by atoms with Gasteiger partial charge >= 0.3 is 0 Å². The third-order valence-corrected chi connectivity index (χ3v) is 3.89. The molecule has 0 saturated heterocycles. The molecule has 19 heavy (non-hydrogen) atoms. The van der Waals surface area contributed by atoms with Crippen LogP contribution in [0, 0.1) is 0 Å². The van der Waals surface area contributed by atoms with Gasteiger partial charge in [-0.05, 0) is 24.7 Å². The van der Waals surface area contributed by atoms with E-state index in [-0.39, 0.29) is 12.5 Å². The van der Waals surface area contributed by atoms with Crippen LogP contribution in [0.3, 0.4) is 0 Å². The number of aliphatic hydroxyl groups excluding tert-OH is 1. The van der Waals surface area contributed by atoms with Crippen molar-refractivity contribution >= 4 is 17.7 Å². The van der Waals surface area contributed by atoms with Crippen LogP contribution in [0.2, 0.25) is 0 Å². The summed E-state index contributed by atoms with van der Waals surface area (Å²) in [6.07, 6.45) is 0.789. The summed E-state index contributed by atoms with van der Waals surface area (Å²) in [7, 11) is 0. The van der Waals surface area contributed by atoms with E-state index in [2.05, 4.69) is 5.32 Å². The van der Waals surface area contributed by atoms with E-state index in [0.717, 1.165) is 23.5 Å². The zero-order valence-corrected chi connectivity index (χ0v) is 12.1.